The molecular weight excluding hydrogens is 983 g/mol. The first-order valence-electron chi connectivity index (χ1n) is 24.5. The van der Waals surface area contributed by atoms with Gasteiger partial charge in [-0.2, -0.15) is 22.5 Å². The van der Waals surface area contributed by atoms with E-state index in [2.05, 4.69) is 92.9 Å². The van der Waals surface area contributed by atoms with E-state index in [-0.39, 0.29) is 45.5 Å². The lowest BCUT2D eigenvalue weighted by Crippen LogP contribution is -2.46. The Kier molecular flexibility index (Phi) is 16.8. The van der Waals surface area contributed by atoms with Gasteiger partial charge in [-0.25, -0.2) is 15.0 Å². The van der Waals surface area contributed by atoms with Crippen molar-refractivity contribution in [2.75, 3.05) is 111 Å². The van der Waals surface area contributed by atoms with Gasteiger partial charge in [-0.3, -0.25) is 9.59 Å². The number of aromatic nitrogens is 5. The third-order valence-electron chi connectivity index (χ3n) is 12.9. The summed E-state index contributed by atoms with van der Waals surface area (Å²) in [5, 5.41) is 11.3. The number of nitrogens with zero attached hydrogens (tertiary/aromatic N) is 8. The van der Waals surface area contributed by atoms with Crippen LogP contribution in [0, 0.1) is 0 Å². The molecule has 3 aromatic heterocycles. The van der Waals surface area contributed by atoms with Crippen LogP contribution in [0.15, 0.2) is 135 Å². The van der Waals surface area contributed by atoms with Crippen molar-refractivity contribution in [2.45, 2.75) is 18.8 Å². The van der Waals surface area contributed by atoms with Crippen molar-refractivity contribution in [3.05, 3.63) is 157 Å². The number of halogens is 4. The number of hydrogen-bond acceptors (Lipinski definition) is 14. The highest BCUT2D eigenvalue weighted by Crippen LogP contribution is 2.42. The molecule has 0 saturated carbocycles. The van der Waals surface area contributed by atoms with Crippen LogP contribution in [0.25, 0.3) is 11.0 Å². The largest absolute Gasteiger partial charge is 0.494 e. The summed E-state index contributed by atoms with van der Waals surface area (Å²) >= 11 is 0. The van der Waals surface area contributed by atoms with Crippen molar-refractivity contribution in [1.82, 2.24) is 34.7 Å². The standard InChI is InChI=1S/C28H29F2N7O.C27H30F2N6O3/c1-3-24(38)32-21-7-5-6-19(18-21)28(29,30)25-23-12-13-31-26(23)35-27(34-25)33-20-8-10-22(11-9-20)37-16-14-36(4-2)15-17-37;1-5-24(36)31-19-8-6-7-18(15-19)27(28,29)25-23(38-4)17-30-26(33-25)32-21-10-9-20(16-22(21)37-3)35-13-11-34(2)12-14-35/h3,5-13,18H,1,4,14-17H2,2H3,(H,32,38)(H2,31,33,34,35);5-10,15-17H,1,11-14H2,2-4H3,(H,31,36)(H,30,32,33). The van der Waals surface area contributed by atoms with Gasteiger partial charge in [-0.05, 0) is 92.5 Å². The van der Waals surface area contributed by atoms with Crippen LogP contribution in [0.3, 0.4) is 0 Å². The molecule has 7 aromatic rings. The molecule has 5 N–H and O–H groups in total. The number of likely N-dealkylation sites (N-methyl/N-ethyl adjacent to an activating group) is 2. The first kappa shape index (κ1) is 53.7. The molecule has 2 amide bonds. The van der Waals surface area contributed by atoms with E-state index in [1.165, 1.54) is 67.9 Å². The number of carbonyl (C=O) groups excluding carboxylic acids is 2. The van der Waals surface area contributed by atoms with Crippen molar-refractivity contribution in [1.29, 1.82) is 0 Å². The lowest BCUT2D eigenvalue weighted by molar-refractivity contribution is -0.112. The van der Waals surface area contributed by atoms with Gasteiger partial charge in [0.25, 0.3) is 0 Å². The van der Waals surface area contributed by atoms with Gasteiger partial charge in [0.05, 0.1) is 26.1 Å². The maximum absolute atomic E-state index is 15.9. The maximum atomic E-state index is 15.9. The van der Waals surface area contributed by atoms with E-state index in [1.54, 1.807) is 13.3 Å². The summed E-state index contributed by atoms with van der Waals surface area (Å²) in [6.45, 7) is 17.7. The van der Waals surface area contributed by atoms with Crippen LogP contribution in [0.2, 0.25) is 0 Å². The summed E-state index contributed by atoms with van der Waals surface area (Å²) in [5.41, 5.74) is 2.31. The molecule has 0 atom stereocenters. The van der Waals surface area contributed by atoms with Crippen molar-refractivity contribution in [3.8, 4) is 11.5 Å². The molecule has 2 aliphatic rings. The second-order valence-electron chi connectivity index (χ2n) is 17.8. The molecule has 0 bridgehead atoms. The molecular formula is C55H59F4N13O4. The number of carbonyl (C=O) groups is 2. The fourth-order valence-electron chi connectivity index (χ4n) is 8.66. The SMILES string of the molecule is C=CC(=O)Nc1cccc(C(F)(F)c2nc(Nc3ccc(N4CCN(C)CC4)cc3OC)ncc2OC)c1.C=CC(=O)Nc1cccc(C(F)(F)c2nc(Nc3ccc(N4CCN(CC)CC4)cc3)nc3[nH]ccc23)c1. The fraction of sp³-hybridized carbons (Fsp3) is 0.273. The Labute approximate surface area is 437 Å². The first-order chi connectivity index (χ1) is 36.6. The number of rotatable bonds is 17. The van der Waals surface area contributed by atoms with Gasteiger partial charge >= 0.3 is 11.8 Å². The van der Waals surface area contributed by atoms with Gasteiger partial charge in [-0.15, -0.1) is 0 Å². The van der Waals surface area contributed by atoms with Gasteiger partial charge < -0.3 is 55.3 Å². The second-order valence-corrected chi connectivity index (χ2v) is 17.8. The Bertz CT molecular complexity index is 3180. The highest BCUT2D eigenvalue weighted by molar-refractivity contribution is 5.99. The topological polar surface area (TPSA) is 181 Å². The number of fused-ring (bicyclic) bond motifs is 1. The smallest absolute Gasteiger partial charge is 0.318 e. The van der Waals surface area contributed by atoms with Crippen molar-refractivity contribution in [2.24, 2.45) is 0 Å². The van der Waals surface area contributed by atoms with Crippen LogP contribution in [0.5, 0.6) is 11.5 Å². The average Bonchev–Trinajstić information content (AvgIpc) is 3.93. The minimum atomic E-state index is -3.56. The van der Waals surface area contributed by atoms with Gasteiger partial charge in [0, 0.05) is 110 Å². The predicted octanol–water partition coefficient (Wildman–Crippen LogP) is 9.36. The van der Waals surface area contributed by atoms with E-state index < -0.39 is 35.0 Å². The molecule has 17 nitrogen and oxygen atoms in total. The molecule has 4 aromatic carbocycles. The monoisotopic (exact) mass is 1040 g/mol. The molecule has 2 saturated heterocycles. The zero-order valence-electron chi connectivity index (χ0n) is 42.5. The summed E-state index contributed by atoms with van der Waals surface area (Å²) in [7, 11) is 4.90. The predicted molar refractivity (Wildman–Crippen MR) is 289 cm³/mol. The number of nitrogens with one attached hydrogen (secondary N) is 5. The maximum Gasteiger partial charge on any atom is 0.318 e. The number of aromatic amines is 1. The number of anilines is 8. The lowest BCUT2D eigenvalue weighted by Gasteiger charge is -2.35. The van der Waals surface area contributed by atoms with Crippen LogP contribution in [0.1, 0.15) is 29.4 Å². The zero-order chi connectivity index (χ0) is 54.0. The third kappa shape index (κ3) is 12.5. The van der Waals surface area contributed by atoms with Crippen LogP contribution in [-0.4, -0.2) is 127 Å². The Morgan fingerprint density at radius 1 is 0.658 bits per heavy atom. The number of H-pyrrole nitrogens is 1. The Hall–Kier alpha value is -8.56. The summed E-state index contributed by atoms with van der Waals surface area (Å²) in [6.07, 6.45) is 4.88. The number of amides is 2. The van der Waals surface area contributed by atoms with Crippen LogP contribution < -0.4 is 40.5 Å². The van der Waals surface area contributed by atoms with Gasteiger partial charge in [0.2, 0.25) is 23.7 Å². The minimum absolute atomic E-state index is 0.0510. The fourth-order valence-corrected chi connectivity index (χ4v) is 8.66. The van der Waals surface area contributed by atoms with E-state index in [9.17, 15) is 9.59 Å². The molecule has 76 heavy (non-hydrogen) atoms. The molecule has 0 spiro atoms. The first-order valence-corrected chi connectivity index (χ1v) is 24.5. The van der Waals surface area contributed by atoms with Gasteiger partial charge in [0.15, 0.2) is 11.4 Å². The van der Waals surface area contributed by atoms with E-state index in [0.29, 0.717) is 22.8 Å². The molecule has 396 valence electrons. The van der Waals surface area contributed by atoms with Crippen molar-refractivity contribution < 1.29 is 36.6 Å². The van der Waals surface area contributed by atoms with Gasteiger partial charge in [0.1, 0.15) is 17.1 Å². The number of methoxy groups -OCH3 is 2. The Morgan fingerprint density at radius 3 is 1.82 bits per heavy atom. The molecule has 21 heteroatoms. The van der Waals surface area contributed by atoms with Crippen LogP contribution >= 0.6 is 0 Å². The summed E-state index contributed by atoms with van der Waals surface area (Å²) in [6, 6.07) is 25.9. The number of alkyl halides is 4. The second kappa shape index (κ2) is 23.8. The molecule has 2 fully saturated rings. The normalized spacial score (nSPS) is 14.3. The number of ether oxygens (including phenoxy) is 2. The van der Waals surface area contributed by atoms with Crippen LogP contribution in [-0.2, 0) is 21.4 Å². The third-order valence-corrected chi connectivity index (χ3v) is 12.9. The molecule has 9 rings (SSSR count). The van der Waals surface area contributed by atoms with E-state index in [4.69, 9.17) is 9.47 Å². The molecule has 0 radical (unpaired) electrons. The van der Waals surface area contributed by atoms with Crippen molar-refractivity contribution in [3.63, 3.8) is 0 Å². The summed E-state index contributed by atoms with van der Waals surface area (Å²) in [5.74, 6) is -7.67. The molecule has 0 unspecified atom stereocenters. The highest BCUT2D eigenvalue weighted by Gasteiger charge is 2.41. The summed E-state index contributed by atoms with van der Waals surface area (Å²) < 4.78 is 73.9. The number of piperazine rings is 2. The van der Waals surface area contributed by atoms with Crippen LogP contribution in [0.4, 0.5) is 63.6 Å². The Balaban J connectivity index is 0.000000201. The zero-order valence-corrected chi connectivity index (χ0v) is 42.5. The van der Waals surface area contributed by atoms with E-state index in [1.807, 2.05) is 42.5 Å². The molecule has 2 aliphatic heterocycles. The van der Waals surface area contributed by atoms with Gasteiger partial charge in [-0.1, -0.05) is 44.3 Å². The molecule has 5 heterocycles. The van der Waals surface area contributed by atoms with E-state index >= 15 is 17.6 Å². The number of benzene rings is 4. The minimum Gasteiger partial charge on any atom is -0.494 e. The summed E-state index contributed by atoms with van der Waals surface area (Å²) in [4.78, 5) is 52.4. The highest BCUT2D eigenvalue weighted by atomic mass is 19.3. The molecule has 0 aliphatic carbocycles. The lowest BCUT2D eigenvalue weighted by atomic mass is 10.0. The van der Waals surface area contributed by atoms with Crippen molar-refractivity contribution >= 4 is 68.9 Å². The quantitative estimate of drug-likeness (QED) is 0.0430. The average molecular weight is 1040 g/mol. The number of hydrogen-bond donors (Lipinski definition) is 5. The van der Waals surface area contributed by atoms with E-state index in [0.717, 1.165) is 82.4 Å². The Morgan fingerprint density at radius 2 is 1.22 bits per heavy atom.